The molecule has 796 valence electrons. The van der Waals surface area contributed by atoms with Crippen molar-refractivity contribution in [1.29, 1.82) is 0 Å². The fourth-order valence-corrected chi connectivity index (χ4v) is 14.2. The molecule has 0 radical (unpaired) electrons. The highest BCUT2D eigenvalue weighted by Crippen LogP contribution is 2.30. The summed E-state index contributed by atoms with van der Waals surface area (Å²) in [5.41, 5.74) is 2.34. The highest BCUT2D eigenvalue weighted by atomic mass is 16.6. The Morgan fingerprint density at radius 3 is 0.936 bits per heavy atom. The number of unbranched alkanes of at least 4 members (excludes halogenated alkanes) is 3. The number of carbonyl (C=O) groups excluding carboxylic acids is 9. The van der Waals surface area contributed by atoms with Crippen LogP contribution in [-0.4, -0.2) is 155 Å². The molecule has 0 atom stereocenters. The number of carbonyl (C=O) groups is 13. The molecule has 0 spiro atoms. The summed E-state index contributed by atoms with van der Waals surface area (Å²) in [5.74, 6) is 2.94. The van der Waals surface area contributed by atoms with Crippen LogP contribution in [0, 0.1) is 71.0 Å². The van der Waals surface area contributed by atoms with Crippen molar-refractivity contribution in [3.8, 4) is 0 Å². The molecule has 6 rings (SSSR count). The molecule has 8 amide bonds. The minimum absolute atomic E-state index is 0.0272. The third kappa shape index (κ3) is 84.8. The average molecular weight is 1960 g/mol. The predicted octanol–water partition coefficient (Wildman–Crippen LogP) is 24.0. The Morgan fingerprint density at radius 2 is 0.586 bits per heavy atom. The van der Waals surface area contributed by atoms with Crippen molar-refractivity contribution >= 4 is 77.1 Å². The molecule has 0 aromatic heterocycles. The first-order valence-electron chi connectivity index (χ1n) is 52.7. The summed E-state index contributed by atoms with van der Waals surface area (Å²) < 4.78 is 5.18. The van der Waals surface area contributed by atoms with Gasteiger partial charge in [0.25, 0.3) is 23.6 Å². The highest BCUT2D eigenvalue weighted by molar-refractivity contribution is 5.98. The smallest absolute Gasteiger partial charge is 0.335 e. The number of aliphatic carboxylic acids is 2. The average Bonchev–Trinajstić information content (AvgIpc) is 0.881. The number of nitrogens with one attached hydrogen (secondary N) is 8. The number of carboxylic acids is 4. The van der Waals surface area contributed by atoms with Crippen LogP contribution in [0.4, 0.5) is 0 Å². The summed E-state index contributed by atoms with van der Waals surface area (Å²) in [6, 6.07) is 30.7. The van der Waals surface area contributed by atoms with Gasteiger partial charge in [-0.05, 0) is 276 Å². The van der Waals surface area contributed by atoms with Gasteiger partial charge in [0.05, 0.1) is 17.0 Å². The quantitative estimate of drug-likeness (QED) is 0.0144. The Balaban J connectivity index is -0.00000152. The molecule has 2 saturated carbocycles. The van der Waals surface area contributed by atoms with Gasteiger partial charge in [0.2, 0.25) is 23.6 Å². The van der Waals surface area contributed by atoms with Crippen molar-refractivity contribution < 1.29 is 87.5 Å². The molecule has 0 saturated heterocycles. The van der Waals surface area contributed by atoms with Crippen LogP contribution in [0.15, 0.2) is 109 Å². The Morgan fingerprint density at radius 1 is 0.293 bits per heavy atom. The van der Waals surface area contributed by atoms with Crippen LogP contribution in [0.2, 0.25) is 0 Å². The summed E-state index contributed by atoms with van der Waals surface area (Å²) >= 11 is 0. The van der Waals surface area contributed by atoms with Crippen LogP contribution >= 0.6 is 0 Å². The van der Waals surface area contributed by atoms with E-state index in [1.165, 1.54) is 81.3 Å². The van der Waals surface area contributed by atoms with Crippen molar-refractivity contribution in [2.75, 3.05) is 52.4 Å². The SMILES string of the molecule is CC(=O)NCCCC(C)C.CC(C)CCCC(=O)OC(C)(C)C.CC(C)CCCCNC(=O)C1CCC(C(=O)O)CC1.CC(C)CCCCNC(=O)c1ccc(C(=O)O)cc1.CC(C)CCCCNC(=O)c1cccc(C(=O)O)c1.CC(C)CCCNC(=O)C1CCCCC1.CC(C)CCCNC(=O)CCCC(=O)O.CC(C)CCCNC(=O)c1ccccc1.CC(C)CCCNC(=O)c1ccccc1. The number of esters is 1. The topological polar surface area (TPSA) is 408 Å². The summed E-state index contributed by atoms with van der Waals surface area (Å²) in [6.07, 6.45) is 33.1. The zero-order valence-corrected chi connectivity index (χ0v) is 90.5. The minimum Gasteiger partial charge on any atom is -0.481 e. The molecule has 26 heteroatoms. The second-order valence-electron chi connectivity index (χ2n) is 41.6. The second kappa shape index (κ2) is 84.7. The molecule has 0 aliphatic heterocycles. The maximum absolute atomic E-state index is 11.9. The van der Waals surface area contributed by atoms with Crippen molar-refractivity contribution in [1.82, 2.24) is 42.5 Å². The predicted molar refractivity (Wildman–Crippen MR) is 569 cm³/mol. The van der Waals surface area contributed by atoms with Crippen LogP contribution in [0.1, 0.15) is 433 Å². The lowest BCUT2D eigenvalue weighted by molar-refractivity contribution is -0.155. The first-order valence-corrected chi connectivity index (χ1v) is 52.7. The number of carboxylic acid groups (broad SMARTS) is 4. The first-order chi connectivity index (χ1) is 66.1. The van der Waals surface area contributed by atoms with Gasteiger partial charge in [-0.3, -0.25) is 52.7 Å². The van der Waals surface area contributed by atoms with E-state index in [4.69, 9.17) is 25.2 Å². The van der Waals surface area contributed by atoms with Gasteiger partial charge in [0.1, 0.15) is 5.60 Å². The second-order valence-corrected chi connectivity index (χ2v) is 41.6. The number of benzene rings is 4. The van der Waals surface area contributed by atoms with Gasteiger partial charge >= 0.3 is 29.8 Å². The third-order valence-electron chi connectivity index (χ3n) is 22.5. The number of aromatic carboxylic acids is 2. The van der Waals surface area contributed by atoms with Crippen molar-refractivity contribution in [3.05, 3.63) is 143 Å². The molecule has 2 aliphatic rings. The first kappa shape index (κ1) is 134. The number of amides is 8. The molecular formula is C114H192N8O18. The van der Waals surface area contributed by atoms with Gasteiger partial charge in [0.15, 0.2) is 0 Å². The van der Waals surface area contributed by atoms with Crippen LogP contribution in [0.5, 0.6) is 0 Å². The van der Waals surface area contributed by atoms with E-state index in [0.29, 0.717) is 110 Å². The lowest BCUT2D eigenvalue weighted by Gasteiger charge is -2.25. The van der Waals surface area contributed by atoms with E-state index in [0.717, 1.165) is 196 Å². The fraction of sp³-hybridized carbons (Fsp3) is 0.675. The van der Waals surface area contributed by atoms with Gasteiger partial charge in [-0.15, -0.1) is 0 Å². The van der Waals surface area contributed by atoms with Gasteiger partial charge in [-0.2, -0.15) is 0 Å². The zero-order chi connectivity index (χ0) is 106. The fourth-order valence-electron chi connectivity index (χ4n) is 14.2. The standard InChI is InChI=1S/C15H21NO3.C15H27NO3.C15H21NO3.C13H25NO.2C13H19NO.C11H21NO3.C11H22O2.C8H17NO/c1-11(2)6-3-4-9-16-14(17)12-7-5-8-13(10-12)15(18)19;2*1-11(2)5-3-4-10-16-14(17)12-6-8-13(9-7-12)15(18)19;3*1-11(2)7-6-10-14-13(15)12-8-4-3-5-9-12;1-9(2)5-4-8-12-10(13)6-3-7-11(14)15;1-9(2)7-6-8-10(12)13-11(3,4)5;1-7(2)5-4-6-9-8(3)10/h5,7-8,10-11H,3-4,6,9H2,1-2H3,(H,16,17)(H,18,19);11-13H,3-10H2,1-2H3,(H,16,17)(H,18,19);6-9,11H,3-5,10H2,1-2H3,(H,16,17)(H,18,19);11-12H,3-10H2,1-2H3,(H,14,15);2*3-5,8-9,11H,6-7,10H2,1-2H3,(H,14,15);9H,3-8H2,1-2H3,(H,12,13)(H,14,15);9H,6-8H2,1-5H3;7H,4-6H2,1-3H3,(H,9,10). The van der Waals surface area contributed by atoms with Gasteiger partial charge in [-0.1, -0.05) is 231 Å². The number of hydrogen-bond donors (Lipinski definition) is 12. The Kier molecular flexibility index (Phi) is 81.1. The Hall–Kier alpha value is -10.0. The highest BCUT2D eigenvalue weighted by Gasteiger charge is 2.30. The van der Waals surface area contributed by atoms with Crippen molar-refractivity contribution in [2.45, 2.75) is 376 Å². The minimum atomic E-state index is -1.02. The monoisotopic (exact) mass is 1960 g/mol. The molecule has 4 aromatic carbocycles. The zero-order valence-electron chi connectivity index (χ0n) is 90.5. The molecule has 4 aromatic rings. The molecule has 2 fully saturated rings. The van der Waals surface area contributed by atoms with Crippen LogP contribution in [0.3, 0.4) is 0 Å². The molecular weight excluding hydrogens is 1770 g/mol. The van der Waals surface area contributed by atoms with E-state index in [-0.39, 0.29) is 82.3 Å². The molecule has 0 heterocycles. The molecule has 26 nitrogen and oxygen atoms in total. The van der Waals surface area contributed by atoms with E-state index in [9.17, 15) is 62.3 Å². The lowest BCUT2D eigenvalue weighted by atomic mass is 9.81. The van der Waals surface area contributed by atoms with Crippen LogP contribution in [0.25, 0.3) is 0 Å². The largest absolute Gasteiger partial charge is 0.481 e. The normalized spacial score (nSPS) is 13.1. The molecule has 12 N–H and O–H groups in total. The van der Waals surface area contributed by atoms with Crippen LogP contribution in [-0.2, 0) is 38.3 Å². The summed E-state index contributed by atoms with van der Waals surface area (Å²) in [6.45, 7) is 52.6. The van der Waals surface area contributed by atoms with Gasteiger partial charge < -0.3 is 67.7 Å². The van der Waals surface area contributed by atoms with Crippen LogP contribution < -0.4 is 42.5 Å². The van der Waals surface area contributed by atoms with E-state index in [2.05, 4.69) is 167 Å². The number of ether oxygens (including phenoxy) is 1. The van der Waals surface area contributed by atoms with Gasteiger partial charge in [-0.25, -0.2) is 9.59 Å². The number of hydrogen-bond acceptors (Lipinski definition) is 14. The molecule has 0 bridgehead atoms. The Labute approximate surface area is 844 Å². The van der Waals surface area contributed by atoms with Crippen molar-refractivity contribution in [3.63, 3.8) is 0 Å². The van der Waals surface area contributed by atoms with Gasteiger partial charge in [0, 0.05) is 113 Å². The molecule has 0 unspecified atom stereocenters. The summed E-state index contributed by atoms with van der Waals surface area (Å²) in [5, 5.41) is 58.0. The summed E-state index contributed by atoms with van der Waals surface area (Å²) in [7, 11) is 0. The van der Waals surface area contributed by atoms with E-state index in [1.807, 2.05) is 81.4 Å². The molecule has 2 aliphatic carbocycles. The summed E-state index contributed by atoms with van der Waals surface area (Å²) in [4.78, 5) is 146. The van der Waals surface area contributed by atoms with E-state index < -0.39 is 23.9 Å². The third-order valence-corrected chi connectivity index (χ3v) is 22.5. The van der Waals surface area contributed by atoms with E-state index in [1.54, 1.807) is 19.1 Å². The maximum Gasteiger partial charge on any atom is 0.335 e. The van der Waals surface area contributed by atoms with E-state index >= 15 is 0 Å². The Bertz CT molecular complexity index is 3880. The molecule has 140 heavy (non-hydrogen) atoms. The lowest BCUT2D eigenvalue weighted by Crippen LogP contribution is -2.34. The number of rotatable bonds is 52. The van der Waals surface area contributed by atoms with Crippen molar-refractivity contribution in [2.24, 2.45) is 71.0 Å². The maximum atomic E-state index is 11.9.